The number of aryl methyl sites for hydroxylation is 1. The molecule has 0 saturated carbocycles. The number of rotatable bonds is 3. The first kappa shape index (κ1) is 15.6. The number of carbonyl (C=O) groups is 1. The van der Waals surface area contributed by atoms with E-state index in [0.717, 1.165) is 37.2 Å². The van der Waals surface area contributed by atoms with E-state index in [1.165, 1.54) is 0 Å². The highest BCUT2D eigenvalue weighted by Gasteiger charge is 2.32. The minimum atomic E-state index is -0.0823. The first-order chi connectivity index (χ1) is 12.2. The molecular formula is C18H20N6O. The van der Waals surface area contributed by atoms with Gasteiger partial charge in [-0.15, -0.1) is 0 Å². The van der Waals surface area contributed by atoms with Gasteiger partial charge < -0.3 is 4.90 Å². The zero-order valence-corrected chi connectivity index (χ0v) is 14.1. The van der Waals surface area contributed by atoms with Crippen LogP contribution < -0.4 is 0 Å². The molecule has 1 fully saturated rings. The quantitative estimate of drug-likeness (QED) is 0.797. The number of amides is 1. The van der Waals surface area contributed by atoms with E-state index >= 15 is 0 Å². The molecule has 1 atom stereocenters. The van der Waals surface area contributed by atoms with E-state index < -0.39 is 0 Å². The molecule has 0 aliphatic carbocycles. The highest BCUT2D eigenvalue weighted by Crippen LogP contribution is 2.31. The maximum atomic E-state index is 12.9. The molecule has 4 rings (SSSR count). The third-order valence-corrected chi connectivity index (χ3v) is 4.65. The van der Waals surface area contributed by atoms with E-state index in [0.29, 0.717) is 11.5 Å². The second-order valence-electron chi connectivity index (χ2n) is 6.26. The number of likely N-dealkylation sites (tertiary alicyclic amines) is 1. The van der Waals surface area contributed by atoms with Crippen molar-refractivity contribution >= 4 is 5.91 Å². The number of hydrogen-bond acceptors (Lipinski definition) is 4. The van der Waals surface area contributed by atoms with Crippen LogP contribution in [0.5, 0.6) is 0 Å². The summed E-state index contributed by atoms with van der Waals surface area (Å²) < 4.78 is 1.61. The molecule has 0 bridgehead atoms. The number of H-pyrrole nitrogens is 1. The Morgan fingerprint density at radius 3 is 2.80 bits per heavy atom. The van der Waals surface area contributed by atoms with Crippen molar-refractivity contribution in [2.75, 3.05) is 6.54 Å². The van der Waals surface area contributed by atoms with Crippen molar-refractivity contribution in [2.24, 2.45) is 7.05 Å². The molecule has 1 amide bonds. The summed E-state index contributed by atoms with van der Waals surface area (Å²) in [5.74, 6) is 1.39. The van der Waals surface area contributed by atoms with Crippen molar-refractivity contribution < 1.29 is 4.79 Å². The highest BCUT2D eigenvalue weighted by atomic mass is 16.2. The van der Waals surface area contributed by atoms with Gasteiger partial charge in [0.1, 0.15) is 11.5 Å². The van der Waals surface area contributed by atoms with Gasteiger partial charge in [-0.2, -0.15) is 10.2 Å². The van der Waals surface area contributed by atoms with Crippen LogP contribution in [0.1, 0.15) is 41.6 Å². The average molecular weight is 336 g/mol. The molecule has 0 spiro atoms. The van der Waals surface area contributed by atoms with Gasteiger partial charge in [-0.3, -0.25) is 14.6 Å². The van der Waals surface area contributed by atoms with Gasteiger partial charge in [-0.05, 0) is 25.3 Å². The Morgan fingerprint density at radius 2 is 2.04 bits per heavy atom. The van der Waals surface area contributed by atoms with Crippen molar-refractivity contribution in [1.29, 1.82) is 0 Å². The van der Waals surface area contributed by atoms with Crippen LogP contribution in [-0.2, 0) is 7.05 Å². The molecule has 3 aromatic rings. The summed E-state index contributed by atoms with van der Waals surface area (Å²) in [6.07, 6.45) is 4.60. The largest absolute Gasteiger partial charge is 0.327 e. The van der Waals surface area contributed by atoms with Crippen LogP contribution in [0.2, 0.25) is 0 Å². The molecule has 1 aromatic carbocycles. The van der Waals surface area contributed by atoms with E-state index in [1.54, 1.807) is 24.0 Å². The van der Waals surface area contributed by atoms with E-state index in [4.69, 9.17) is 0 Å². The lowest BCUT2D eigenvalue weighted by molar-refractivity contribution is 0.0589. The fourth-order valence-corrected chi connectivity index (χ4v) is 3.33. The molecule has 0 radical (unpaired) electrons. The van der Waals surface area contributed by atoms with Crippen LogP contribution in [-0.4, -0.2) is 42.3 Å². The number of piperidine rings is 1. The molecule has 1 aliphatic heterocycles. The summed E-state index contributed by atoms with van der Waals surface area (Å²) in [5.41, 5.74) is 1.56. The second kappa shape index (κ2) is 6.51. The maximum absolute atomic E-state index is 12.9. The fourth-order valence-electron chi connectivity index (χ4n) is 3.33. The standard InChI is InChI=1S/C18H20N6O/c1-23-15(10-11-19-23)18(25)24-12-6-5-9-14(24)17-20-16(21-22-17)13-7-3-2-4-8-13/h2-4,7-8,10-11,14H,5-6,9,12H2,1H3,(H,20,21,22). The average Bonchev–Trinajstić information content (AvgIpc) is 3.31. The van der Waals surface area contributed by atoms with Crippen molar-refractivity contribution in [1.82, 2.24) is 29.9 Å². The van der Waals surface area contributed by atoms with Crippen LogP contribution >= 0.6 is 0 Å². The van der Waals surface area contributed by atoms with Crippen LogP contribution in [0.15, 0.2) is 42.6 Å². The fraction of sp³-hybridized carbons (Fsp3) is 0.333. The van der Waals surface area contributed by atoms with Gasteiger partial charge in [0.25, 0.3) is 5.91 Å². The monoisotopic (exact) mass is 336 g/mol. The Balaban J connectivity index is 1.63. The molecule has 3 heterocycles. The summed E-state index contributed by atoms with van der Waals surface area (Å²) in [6.45, 7) is 0.718. The number of hydrogen-bond donors (Lipinski definition) is 1. The first-order valence-electron chi connectivity index (χ1n) is 8.51. The molecule has 7 nitrogen and oxygen atoms in total. The Bertz CT molecular complexity index is 869. The zero-order chi connectivity index (χ0) is 17.2. The molecule has 128 valence electrons. The number of nitrogens with zero attached hydrogens (tertiary/aromatic N) is 5. The SMILES string of the molecule is Cn1nccc1C(=O)N1CCCCC1c1nc(-c2ccccc2)n[nH]1. The Morgan fingerprint density at radius 1 is 1.20 bits per heavy atom. The summed E-state index contributed by atoms with van der Waals surface area (Å²) in [5, 5.41) is 11.5. The third kappa shape index (κ3) is 2.93. The van der Waals surface area contributed by atoms with Crippen molar-refractivity contribution in [3.63, 3.8) is 0 Å². The molecule has 7 heteroatoms. The summed E-state index contributed by atoms with van der Waals surface area (Å²) in [6, 6.07) is 11.5. The van der Waals surface area contributed by atoms with Gasteiger partial charge >= 0.3 is 0 Å². The number of carbonyl (C=O) groups excluding carboxylic acids is 1. The molecule has 2 aromatic heterocycles. The van der Waals surface area contributed by atoms with Crippen LogP contribution in [0.3, 0.4) is 0 Å². The molecular weight excluding hydrogens is 316 g/mol. The van der Waals surface area contributed by atoms with Crippen molar-refractivity contribution in [2.45, 2.75) is 25.3 Å². The van der Waals surface area contributed by atoms with E-state index in [9.17, 15) is 4.79 Å². The summed E-state index contributed by atoms with van der Waals surface area (Å²) in [4.78, 5) is 19.5. The zero-order valence-electron chi connectivity index (χ0n) is 14.1. The molecule has 25 heavy (non-hydrogen) atoms. The Kier molecular flexibility index (Phi) is 4.05. The highest BCUT2D eigenvalue weighted by molar-refractivity contribution is 5.92. The molecule has 1 saturated heterocycles. The van der Waals surface area contributed by atoms with Crippen molar-refractivity contribution in [3.05, 3.63) is 54.1 Å². The lowest BCUT2D eigenvalue weighted by Gasteiger charge is -2.34. The third-order valence-electron chi connectivity index (χ3n) is 4.65. The summed E-state index contributed by atoms with van der Waals surface area (Å²) in [7, 11) is 1.79. The van der Waals surface area contributed by atoms with E-state index in [-0.39, 0.29) is 11.9 Å². The minimum Gasteiger partial charge on any atom is -0.327 e. The normalized spacial score (nSPS) is 17.6. The predicted molar refractivity (Wildman–Crippen MR) is 92.7 cm³/mol. The molecule has 1 aliphatic rings. The Labute approximate surface area is 145 Å². The van der Waals surface area contributed by atoms with Gasteiger partial charge in [0.05, 0.1) is 6.04 Å². The molecule has 1 N–H and O–H groups in total. The van der Waals surface area contributed by atoms with Gasteiger partial charge in [0.15, 0.2) is 5.82 Å². The van der Waals surface area contributed by atoms with Gasteiger partial charge in [0.2, 0.25) is 0 Å². The topological polar surface area (TPSA) is 79.7 Å². The van der Waals surface area contributed by atoms with Gasteiger partial charge in [0, 0.05) is 25.4 Å². The van der Waals surface area contributed by atoms with Crippen molar-refractivity contribution in [3.8, 4) is 11.4 Å². The van der Waals surface area contributed by atoms with E-state index in [2.05, 4.69) is 20.3 Å². The first-order valence-corrected chi connectivity index (χ1v) is 8.51. The van der Waals surface area contributed by atoms with Crippen LogP contribution in [0.4, 0.5) is 0 Å². The van der Waals surface area contributed by atoms with Gasteiger partial charge in [-0.1, -0.05) is 30.3 Å². The number of nitrogens with one attached hydrogen (secondary N) is 1. The smallest absolute Gasteiger partial charge is 0.272 e. The van der Waals surface area contributed by atoms with Gasteiger partial charge in [-0.25, -0.2) is 4.98 Å². The second-order valence-corrected chi connectivity index (χ2v) is 6.26. The van der Waals surface area contributed by atoms with Crippen LogP contribution in [0.25, 0.3) is 11.4 Å². The lowest BCUT2D eigenvalue weighted by Crippen LogP contribution is -2.39. The number of aromatic nitrogens is 5. The summed E-state index contributed by atoms with van der Waals surface area (Å²) >= 11 is 0. The Hall–Kier alpha value is -2.96. The number of benzene rings is 1. The maximum Gasteiger partial charge on any atom is 0.272 e. The van der Waals surface area contributed by atoms with Crippen LogP contribution in [0, 0.1) is 0 Å². The minimum absolute atomic E-state index is 0.0117. The van der Waals surface area contributed by atoms with E-state index in [1.807, 2.05) is 35.2 Å². The lowest BCUT2D eigenvalue weighted by atomic mass is 10.0. The number of aromatic amines is 1. The molecule has 1 unspecified atom stereocenters. The predicted octanol–water partition coefficient (Wildman–Crippen LogP) is 2.57.